The molecule has 0 saturated carbocycles. The maximum Gasteiger partial charge on any atom is 0.339 e. The van der Waals surface area contributed by atoms with E-state index in [4.69, 9.17) is 9.26 Å². The molecule has 0 spiro atoms. The van der Waals surface area contributed by atoms with Crippen LogP contribution in [0.1, 0.15) is 34.1 Å². The quantitative estimate of drug-likeness (QED) is 0.449. The van der Waals surface area contributed by atoms with E-state index in [1.807, 2.05) is 62.4 Å². The molecule has 0 fully saturated rings. The van der Waals surface area contributed by atoms with E-state index in [0.29, 0.717) is 22.5 Å². The number of pyridine rings is 1. The molecule has 0 bridgehead atoms. The first-order valence-corrected chi connectivity index (χ1v) is 10.2. The number of benzene rings is 2. The van der Waals surface area contributed by atoms with Crippen molar-refractivity contribution in [2.45, 2.75) is 33.8 Å². The zero-order chi connectivity index (χ0) is 22.8. The number of ether oxygens (including phenoxy) is 1. The second kappa shape index (κ2) is 8.63. The highest BCUT2D eigenvalue weighted by atomic mass is 16.5. The Morgan fingerprint density at radius 1 is 1.03 bits per heavy atom. The van der Waals surface area contributed by atoms with Gasteiger partial charge in [-0.3, -0.25) is 4.79 Å². The molecule has 4 aromatic rings. The SMILES string of the molecule is Cc1ccc(NC(=O)C(C)OC(=O)c2cc(-c3ccccc3)nc3onc(C)c23)c(C)c1. The third-order valence-electron chi connectivity index (χ3n) is 5.20. The van der Waals surface area contributed by atoms with Crippen LogP contribution >= 0.6 is 0 Å². The molecular formula is C25H23N3O4. The molecule has 7 nitrogen and oxygen atoms in total. The summed E-state index contributed by atoms with van der Waals surface area (Å²) in [6, 6.07) is 16.8. The third kappa shape index (κ3) is 4.23. The van der Waals surface area contributed by atoms with Gasteiger partial charge in [0, 0.05) is 11.3 Å². The number of fused-ring (bicyclic) bond motifs is 1. The van der Waals surface area contributed by atoms with Crippen molar-refractivity contribution < 1.29 is 18.8 Å². The van der Waals surface area contributed by atoms with Crippen molar-refractivity contribution in [3.8, 4) is 11.3 Å². The normalized spacial score (nSPS) is 11.9. The number of hydrogen-bond acceptors (Lipinski definition) is 6. The Morgan fingerprint density at radius 3 is 2.50 bits per heavy atom. The van der Waals surface area contributed by atoms with Gasteiger partial charge in [0.25, 0.3) is 11.6 Å². The van der Waals surface area contributed by atoms with Gasteiger partial charge >= 0.3 is 5.97 Å². The van der Waals surface area contributed by atoms with Gasteiger partial charge in [-0.05, 0) is 45.4 Å². The minimum absolute atomic E-state index is 0.239. The van der Waals surface area contributed by atoms with Crippen LogP contribution in [-0.4, -0.2) is 28.1 Å². The number of aryl methyl sites for hydroxylation is 3. The fraction of sp³-hybridized carbons (Fsp3) is 0.200. The molecule has 0 aliphatic rings. The standard InChI is InChI=1S/C25H23N3O4/c1-14-10-11-20(15(2)12-14)26-23(29)17(4)31-25(30)19-13-21(18-8-6-5-7-9-18)27-24-22(19)16(3)28-32-24/h5-13,17H,1-4H3,(H,26,29). The lowest BCUT2D eigenvalue weighted by molar-refractivity contribution is -0.123. The second-order valence-corrected chi connectivity index (χ2v) is 7.72. The molecule has 32 heavy (non-hydrogen) atoms. The number of nitrogens with one attached hydrogen (secondary N) is 1. The molecule has 2 aromatic carbocycles. The minimum Gasteiger partial charge on any atom is -0.449 e. The average Bonchev–Trinajstić information content (AvgIpc) is 3.16. The van der Waals surface area contributed by atoms with Crippen LogP contribution in [0.5, 0.6) is 0 Å². The first kappa shape index (κ1) is 21.2. The number of carbonyl (C=O) groups excluding carboxylic acids is 2. The van der Waals surface area contributed by atoms with Crippen molar-refractivity contribution in [3.05, 3.63) is 77.0 Å². The number of esters is 1. The van der Waals surface area contributed by atoms with Gasteiger partial charge in [0.1, 0.15) is 0 Å². The minimum atomic E-state index is -1.01. The largest absolute Gasteiger partial charge is 0.449 e. The smallest absolute Gasteiger partial charge is 0.339 e. The Morgan fingerprint density at radius 2 is 1.78 bits per heavy atom. The Hall–Kier alpha value is -4.00. The highest BCUT2D eigenvalue weighted by Crippen LogP contribution is 2.28. The van der Waals surface area contributed by atoms with Gasteiger partial charge in [-0.25, -0.2) is 9.78 Å². The first-order chi connectivity index (χ1) is 15.3. The highest BCUT2D eigenvalue weighted by Gasteiger charge is 2.24. The predicted octanol–water partition coefficient (Wildman–Crippen LogP) is 5.00. The number of carbonyl (C=O) groups is 2. The van der Waals surface area contributed by atoms with Crippen LogP contribution < -0.4 is 5.32 Å². The molecule has 2 aromatic heterocycles. The predicted molar refractivity (Wildman–Crippen MR) is 121 cm³/mol. The molecule has 2 heterocycles. The summed E-state index contributed by atoms with van der Waals surface area (Å²) in [6.07, 6.45) is -1.01. The van der Waals surface area contributed by atoms with Gasteiger partial charge in [-0.1, -0.05) is 53.2 Å². The van der Waals surface area contributed by atoms with Crippen molar-refractivity contribution in [2.75, 3.05) is 5.32 Å². The Balaban J connectivity index is 1.60. The van der Waals surface area contributed by atoms with Crippen molar-refractivity contribution in [1.29, 1.82) is 0 Å². The van der Waals surface area contributed by atoms with Crippen molar-refractivity contribution in [2.24, 2.45) is 0 Å². The van der Waals surface area contributed by atoms with Crippen LogP contribution in [0.2, 0.25) is 0 Å². The number of nitrogens with zero attached hydrogens (tertiary/aromatic N) is 2. The Kier molecular flexibility index (Phi) is 5.73. The zero-order valence-corrected chi connectivity index (χ0v) is 18.3. The number of hydrogen-bond donors (Lipinski definition) is 1. The van der Waals surface area contributed by atoms with E-state index in [1.54, 1.807) is 13.0 Å². The van der Waals surface area contributed by atoms with E-state index < -0.39 is 18.0 Å². The number of rotatable bonds is 5. The molecular weight excluding hydrogens is 406 g/mol. The summed E-state index contributed by atoms with van der Waals surface area (Å²) in [7, 11) is 0. The molecule has 0 aliphatic carbocycles. The van der Waals surface area contributed by atoms with Gasteiger partial charge in [-0.2, -0.15) is 0 Å². The Bertz CT molecular complexity index is 1310. The van der Waals surface area contributed by atoms with E-state index in [-0.39, 0.29) is 11.3 Å². The molecule has 1 amide bonds. The van der Waals surface area contributed by atoms with Gasteiger partial charge < -0.3 is 14.6 Å². The van der Waals surface area contributed by atoms with Crippen molar-refractivity contribution in [3.63, 3.8) is 0 Å². The zero-order valence-electron chi connectivity index (χ0n) is 18.3. The summed E-state index contributed by atoms with van der Waals surface area (Å²) in [4.78, 5) is 30.2. The van der Waals surface area contributed by atoms with E-state index in [9.17, 15) is 9.59 Å². The topological polar surface area (TPSA) is 94.3 Å². The van der Waals surface area contributed by atoms with Crippen LogP contribution in [0.4, 0.5) is 5.69 Å². The maximum atomic E-state index is 13.1. The molecule has 0 aliphatic heterocycles. The molecule has 4 rings (SSSR count). The van der Waals surface area contributed by atoms with Crippen molar-refractivity contribution in [1.82, 2.24) is 10.1 Å². The molecule has 1 N–H and O–H groups in total. The molecule has 0 radical (unpaired) electrons. The summed E-state index contributed by atoms with van der Waals surface area (Å²) in [6.45, 7) is 7.15. The van der Waals surface area contributed by atoms with E-state index >= 15 is 0 Å². The fourth-order valence-electron chi connectivity index (χ4n) is 3.48. The number of anilines is 1. The summed E-state index contributed by atoms with van der Waals surface area (Å²) in [5.74, 6) is -1.06. The second-order valence-electron chi connectivity index (χ2n) is 7.72. The van der Waals surface area contributed by atoms with Crippen molar-refractivity contribution >= 4 is 28.7 Å². The van der Waals surface area contributed by atoms with E-state index in [1.165, 1.54) is 6.92 Å². The van der Waals surface area contributed by atoms with E-state index in [0.717, 1.165) is 16.7 Å². The Labute approximate surface area is 185 Å². The van der Waals surface area contributed by atoms with Crippen LogP contribution in [0, 0.1) is 20.8 Å². The average molecular weight is 429 g/mol. The van der Waals surface area contributed by atoms with E-state index in [2.05, 4.69) is 15.5 Å². The van der Waals surface area contributed by atoms with Gasteiger partial charge in [0.15, 0.2) is 6.10 Å². The monoisotopic (exact) mass is 429 g/mol. The number of amides is 1. The lowest BCUT2D eigenvalue weighted by atomic mass is 10.1. The molecule has 1 unspecified atom stereocenters. The fourth-order valence-corrected chi connectivity index (χ4v) is 3.48. The van der Waals surface area contributed by atoms with Crippen LogP contribution in [0.25, 0.3) is 22.4 Å². The number of aromatic nitrogens is 2. The van der Waals surface area contributed by atoms with Gasteiger partial charge in [-0.15, -0.1) is 0 Å². The lowest BCUT2D eigenvalue weighted by Gasteiger charge is -2.15. The molecule has 162 valence electrons. The lowest BCUT2D eigenvalue weighted by Crippen LogP contribution is -2.30. The van der Waals surface area contributed by atoms with Crippen LogP contribution in [0.3, 0.4) is 0 Å². The molecule has 7 heteroatoms. The van der Waals surface area contributed by atoms with Crippen LogP contribution in [-0.2, 0) is 9.53 Å². The summed E-state index contributed by atoms with van der Waals surface area (Å²) in [5.41, 5.74) is 5.08. The summed E-state index contributed by atoms with van der Waals surface area (Å²) >= 11 is 0. The maximum absolute atomic E-state index is 13.1. The first-order valence-electron chi connectivity index (χ1n) is 10.2. The highest BCUT2D eigenvalue weighted by molar-refractivity contribution is 6.05. The summed E-state index contributed by atoms with van der Waals surface area (Å²) in [5, 5.41) is 7.22. The third-order valence-corrected chi connectivity index (χ3v) is 5.20. The summed E-state index contributed by atoms with van der Waals surface area (Å²) < 4.78 is 10.8. The van der Waals surface area contributed by atoms with Gasteiger partial charge in [0.2, 0.25) is 0 Å². The molecule has 1 atom stereocenters. The van der Waals surface area contributed by atoms with Crippen LogP contribution in [0.15, 0.2) is 59.1 Å². The van der Waals surface area contributed by atoms with Gasteiger partial charge in [0.05, 0.1) is 22.3 Å². The molecule has 0 saturated heterocycles.